The van der Waals surface area contributed by atoms with Crippen molar-refractivity contribution < 1.29 is 27.1 Å². The number of aromatic nitrogens is 3. The second kappa shape index (κ2) is 12.5. The van der Waals surface area contributed by atoms with Crippen LogP contribution in [-0.2, 0) is 37.4 Å². The van der Waals surface area contributed by atoms with Gasteiger partial charge < -0.3 is 10.1 Å². The Labute approximate surface area is 215 Å². The molecule has 3 aromatic rings. The molecule has 12 heteroatoms. The molecule has 2 N–H and O–H groups in total. The summed E-state index contributed by atoms with van der Waals surface area (Å²) in [6, 6.07) is 11.6. The first kappa shape index (κ1) is 27.9. The Morgan fingerprint density at radius 2 is 1.76 bits per heavy atom. The van der Waals surface area contributed by atoms with E-state index in [4.69, 9.17) is 4.74 Å². The molecule has 10 nitrogen and oxygen atoms in total. The van der Waals surface area contributed by atoms with Gasteiger partial charge in [0.1, 0.15) is 11.7 Å². The number of esters is 1. The van der Waals surface area contributed by atoms with Gasteiger partial charge in [-0.1, -0.05) is 31.2 Å². The van der Waals surface area contributed by atoms with Crippen LogP contribution in [0.4, 0.5) is 10.1 Å². The summed E-state index contributed by atoms with van der Waals surface area (Å²) in [4.78, 5) is 24.8. The largest absolute Gasteiger partial charge is 0.465 e. The van der Waals surface area contributed by atoms with Crippen molar-refractivity contribution in [3.05, 3.63) is 71.8 Å². The molecule has 0 aliphatic heterocycles. The normalized spacial score (nSPS) is 12.4. The summed E-state index contributed by atoms with van der Waals surface area (Å²) in [5.41, 5.74) is 1.82. The molecule has 198 valence electrons. The lowest BCUT2D eigenvalue weighted by molar-refractivity contribution is -0.151. The molecule has 0 radical (unpaired) electrons. The fraction of sp³-hybridized carbons (Fsp3) is 0.360. The summed E-state index contributed by atoms with van der Waals surface area (Å²) < 4.78 is 46.7. The first-order valence-corrected chi connectivity index (χ1v) is 13.3. The van der Waals surface area contributed by atoms with Crippen LogP contribution in [0, 0.1) is 17.7 Å². The average molecular weight is 532 g/mol. The van der Waals surface area contributed by atoms with E-state index in [9.17, 15) is 22.4 Å². The van der Waals surface area contributed by atoms with Gasteiger partial charge in [-0.05, 0) is 61.2 Å². The highest BCUT2D eigenvalue weighted by Crippen LogP contribution is 2.18. The Hall–Kier alpha value is -3.64. The minimum atomic E-state index is -3.82. The minimum Gasteiger partial charge on any atom is -0.465 e. The Morgan fingerprint density at radius 1 is 1.08 bits per heavy atom. The zero-order valence-corrected chi connectivity index (χ0v) is 21.7. The highest BCUT2D eigenvalue weighted by Gasteiger charge is 2.29. The van der Waals surface area contributed by atoms with Gasteiger partial charge in [0.05, 0.1) is 36.5 Å². The number of hydrogen-bond acceptors (Lipinski definition) is 7. The molecular weight excluding hydrogens is 501 g/mol. The highest BCUT2D eigenvalue weighted by atomic mass is 32.2. The molecule has 2 aromatic carbocycles. The predicted molar refractivity (Wildman–Crippen MR) is 134 cm³/mol. The number of halogens is 1. The molecule has 1 heterocycles. The van der Waals surface area contributed by atoms with E-state index in [0.717, 1.165) is 17.7 Å². The Morgan fingerprint density at radius 3 is 2.38 bits per heavy atom. The van der Waals surface area contributed by atoms with Gasteiger partial charge in [0.15, 0.2) is 0 Å². The molecule has 0 saturated heterocycles. The van der Waals surface area contributed by atoms with Gasteiger partial charge >= 0.3 is 5.97 Å². The monoisotopic (exact) mass is 531 g/mol. The third kappa shape index (κ3) is 8.19. The molecule has 0 aliphatic carbocycles. The Kier molecular flexibility index (Phi) is 9.48. The van der Waals surface area contributed by atoms with Crippen LogP contribution in [-0.4, -0.2) is 41.9 Å². The maximum atomic E-state index is 13.0. The number of nitrogens with zero attached hydrogens (tertiary/aromatic N) is 3. The first-order chi connectivity index (χ1) is 17.6. The van der Waals surface area contributed by atoms with Crippen LogP contribution in [0.15, 0.2) is 59.6 Å². The fourth-order valence-corrected chi connectivity index (χ4v) is 4.50. The van der Waals surface area contributed by atoms with Crippen LogP contribution in [0.3, 0.4) is 0 Å². The number of carbonyl (C=O) groups is 2. The van der Waals surface area contributed by atoms with Crippen molar-refractivity contribution in [3.8, 4) is 0 Å². The van der Waals surface area contributed by atoms with E-state index in [1.165, 1.54) is 12.1 Å². The molecular formula is C25H30FN5O5S. The van der Waals surface area contributed by atoms with Gasteiger partial charge in [-0.25, -0.2) is 22.2 Å². The van der Waals surface area contributed by atoms with Crippen LogP contribution < -0.4 is 10.0 Å². The van der Waals surface area contributed by atoms with Crippen molar-refractivity contribution in [1.29, 1.82) is 0 Å². The van der Waals surface area contributed by atoms with Crippen molar-refractivity contribution in [2.45, 2.75) is 45.2 Å². The number of rotatable bonds is 12. The number of ether oxygens (including phenoxy) is 1. The molecule has 0 fully saturated rings. The number of sulfonamides is 1. The summed E-state index contributed by atoms with van der Waals surface area (Å²) in [5.74, 6) is -2.21. The van der Waals surface area contributed by atoms with Crippen LogP contribution >= 0.6 is 0 Å². The van der Waals surface area contributed by atoms with Crippen molar-refractivity contribution >= 4 is 27.6 Å². The molecule has 0 saturated carbocycles. The smallest absolute Gasteiger partial charge is 0.318 e. The van der Waals surface area contributed by atoms with E-state index in [-0.39, 0.29) is 24.0 Å². The van der Waals surface area contributed by atoms with Crippen molar-refractivity contribution in [3.63, 3.8) is 0 Å². The lowest BCUT2D eigenvalue weighted by atomic mass is 9.96. The second-order valence-electron chi connectivity index (χ2n) is 8.81. The number of anilines is 1. The molecule has 37 heavy (non-hydrogen) atoms. The molecule has 1 unspecified atom stereocenters. The lowest BCUT2D eigenvalue weighted by Gasteiger charge is -2.17. The summed E-state index contributed by atoms with van der Waals surface area (Å²) in [7, 11) is -3.82. The Balaban J connectivity index is 1.56. The third-order valence-electron chi connectivity index (χ3n) is 5.31. The summed E-state index contributed by atoms with van der Waals surface area (Å²) in [5, 5.41) is 10.8. The van der Waals surface area contributed by atoms with Gasteiger partial charge in [-0.15, -0.1) is 5.10 Å². The topological polar surface area (TPSA) is 132 Å². The minimum absolute atomic E-state index is 0.0498. The summed E-state index contributed by atoms with van der Waals surface area (Å²) in [6.45, 7) is 6.06. The summed E-state index contributed by atoms with van der Waals surface area (Å²) >= 11 is 0. The standard InChI is InChI=1S/C25H30FN5O5S/c1-4-36-25(33)23(13-17(2)3)24(32)28-20-9-5-18(6-10-20)15-31-16-21(29-30-31)14-27-37(34,35)22-11-7-19(26)8-12-22/h5-12,16-17,23,27H,4,13-15H2,1-3H3,(H,28,32). The lowest BCUT2D eigenvalue weighted by Crippen LogP contribution is -2.32. The van der Waals surface area contributed by atoms with E-state index in [1.807, 2.05) is 13.8 Å². The Bertz CT molecular complexity index is 1310. The number of nitrogens with one attached hydrogen (secondary N) is 2. The SMILES string of the molecule is CCOC(=O)C(CC(C)C)C(=O)Nc1ccc(Cn2cc(CNS(=O)(=O)c3ccc(F)cc3)nn2)cc1. The molecule has 3 rings (SSSR count). The number of amides is 1. The van der Waals surface area contributed by atoms with Crippen LogP contribution in [0.5, 0.6) is 0 Å². The molecule has 1 atom stereocenters. The van der Waals surface area contributed by atoms with Gasteiger partial charge in [0.2, 0.25) is 15.9 Å². The predicted octanol–water partition coefficient (Wildman–Crippen LogP) is 3.11. The van der Waals surface area contributed by atoms with E-state index >= 15 is 0 Å². The van der Waals surface area contributed by atoms with Crippen LogP contribution in [0.25, 0.3) is 0 Å². The number of carbonyl (C=O) groups excluding carboxylic acids is 2. The highest BCUT2D eigenvalue weighted by molar-refractivity contribution is 7.89. The zero-order chi connectivity index (χ0) is 27.0. The van der Waals surface area contributed by atoms with Gasteiger partial charge in [-0.3, -0.25) is 9.59 Å². The van der Waals surface area contributed by atoms with Gasteiger partial charge in [0, 0.05) is 5.69 Å². The molecule has 0 aliphatic rings. The molecule has 1 aromatic heterocycles. The maximum Gasteiger partial charge on any atom is 0.318 e. The average Bonchev–Trinajstić information content (AvgIpc) is 3.30. The number of benzene rings is 2. The van der Waals surface area contributed by atoms with Gasteiger partial charge in [-0.2, -0.15) is 0 Å². The van der Waals surface area contributed by atoms with Gasteiger partial charge in [0.25, 0.3) is 0 Å². The summed E-state index contributed by atoms with van der Waals surface area (Å²) in [6.07, 6.45) is 2.00. The second-order valence-corrected chi connectivity index (χ2v) is 10.6. The first-order valence-electron chi connectivity index (χ1n) is 11.8. The van der Waals surface area contributed by atoms with E-state index < -0.39 is 33.6 Å². The van der Waals surface area contributed by atoms with Crippen LogP contribution in [0.1, 0.15) is 38.4 Å². The molecule has 0 spiro atoms. The van der Waals surface area contributed by atoms with E-state index in [0.29, 0.717) is 24.3 Å². The van der Waals surface area contributed by atoms with Crippen molar-refractivity contribution in [2.24, 2.45) is 11.8 Å². The van der Waals surface area contributed by atoms with Crippen molar-refractivity contribution in [2.75, 3.05) is 11.9 Å². The van der Waals surface area contributed by atoms with Crippen molar-refractivity contribution in [1.82, 2.24) is 19.7 Å². The molecule has 0 bridgehead atoms. The van der Waals surface area contributed by atoms with E-state index in [1.54, 1.807) is 42.1 Å². The maximum absolute atomic E-state index is 13.0. The van der Waals surface area contributed by atoms with E-state index in [2.05, 4.69) is 20.4 Å². The third-order valence-corrected chi connectivity index (χ3v) is 6.73. The zero-order valence-electron chi connectivity index (χ0n) is 20.8. The quantitative estimate of drug-likeness (QED) is 0.271. The molecule has 1 amide bonds. The van der Waals surface area contributed by atoms with Crippen LogP contribution in [0.2, 0.25) is 0 Å². The number of hydrogen-bond donors (Lipinski definition) is 2. The fourth-order valence-electron chi connectivity index (χ4n) is 3.50.